The summed E-state index contributed by atoms with van der Waals surface area (Å²) in [6.07, 6.45) is 5.22. The Hall–Kier alpha value is -0.0800. The zero-order valence-electron chi connectivity index (χ0n) is 10.1. The molecule has 0 aliphatic carbocycles. The van der Waals surface area contributed by atoms with Crippen molar-refractivity contribution in [2.45, 2.75) is 52.5 Å². The van der Waals surface area contributed by atoms with Crippen LogP contribution in [0.25, 0.3) is 0 Å². The molecule has 0 aromatic heterocycles. The van der Waals surface area contributed by atoms with E-state index in [9.17, 15) is 0 Å². The van der Waals surface area contributed by atoms with E-state index in [4.69, 9.17) is 5.73 Å². The van der Waals surface area contributed by atoms with Crippen molar-refractivity contribution >= 4 is 0 Å². The van der Waals surface area contributed by atoms with Crippen molar-refractivity contribution in [3.63, 3.8) is 0 Å². The maximum atomic E-state index is 5.79. The first-order chi connectivity index (χ1) is 6.59. The van der Waals surface area contributed by atoms with Gasteiger partial charge in [-0.1, -0.05) is 20.8 Å². The van der Waals surface area contributed by atoms with Crippen LogP contribution < -0.4 is 5.73 Å². The van der Waals surface area contributed by atoms with Gasteiger partial charge in [-0.3, -0.25) is 4.90 Å². The first kappa shape index (κ1) is 12.0. The predicted octanol–water partition coefficient (Wildman–Crippen LogP) is 2.24. The number of hydrogen-bond donors (Lipinski definition) is 1. The lowest BCUT2D eigenvalue weighted by molar-refractivity contribution is 0.194. The van der Waals surface area contributed by atoms with E-state index in [0.29, 0.717) is 11.5 Å². The average Bonchev–Trinajstić information content (AvgIpc) is 2.30. The van der Waals surface area contributed by atoms with Crippen LogP contribution in [-0.2, 0) is 0 Å². The van der Waals surface area contributed by atoms with Gasteiger partial charge in [-0.05, 0) is 44.2 Å². The molecular weight excluding hydrogens is 172 g/mol. The molecule has 1 rings (SSSR count). The minimum Gasteiger partial charge on any atom is -0.329 e. The molecule has 1 atom stereocenters. The Labute approximate surface area is 88.8 Å². The Morgan fingerprint density at radius 2 is 2.00 bits per heavy atom. The molecule has 0 saturated carbocycles. The van der Waals surface area contributed by atoms with Gasteiger partial charge >= 0.3 is 0 Å². The molecule has 0 bridgehead atoms. The highest BCUT2D eigenvalue weighted by Crippen LogP contribution is 2.30. The van der Waals surface area contributed by atoms with Crippen molar-refractivity contribution < 1.29 is 0 Å². The van der Waals surface area contributed by atoms with Gasteiger partial charge in [0, 0.05) is 12.6 Å². The number of likely N-dealkylation sites (tertiary alicyclic amines) is 1. The van der Waals surface area contributed by atoms with Gasteiger partial charge in [0.25, 0.3) is 0 Å². The van der Waals surface area contributed by atoms with Crippen molar-refractivity contribution in [1.82, 2.24) is 4.90 Å². The lowest BCUT2D eigenvalue weighted by Crippen LogP contribution is -2.40. The number of nitrogens with zero attached hydrogens (tertiary/aromatic N) is 1. The van der Waals surface area contributed by atoms with Gasteiger partial charge in [-0.15, -0.1) is 0 Å². The fourth-order valence-corrected chi connectivity index (χ4v) is 2.38. The largest absolute Gasteiger partial charge is 0.329 e. The van der Waals surface area contributed by atoms with E-state index in [1.54, 1.807) is 0 Å². The van der Waals surface area contributed by atoms with E-state index in [0.717, 1.165) is 6.54 Å². The molecule has 1 aliphatic rings. The van der Waals surface area contributed by atoms with Gasteiger partial charge in [0.2, 0.25) is 0 Å². The fourth-order valence-electron chi connectivity index (χ4n) is 2.38. The van der Waals surface area contributed by atoms with Crippen LogP contribution in [-0.4, -0.2) is 30.6 Å². The predicted molar refractivity (Wildman–Crippen MR) is 62.3 cm³/mol. The van der Waals surface area contributed by atoms with Gasteiger partial charge in [0.15, 0.2) is 0 Å². The minimum atomic E-state index is 0.543. The van der Waals surface area contributed by atoms with Crippen LogP contribution in [0.3, 0.4) is 0 Å². The summed E-state index contributed by atoms with van der Waals surface area (Å²) >= 11 is 0. The first-order valence-corrected chi connectivity index (χ1v) is 6.03. The number of rotatable bonds is 3. The molecule has 1 aliphatic heterocycles. The molecule has 2 N–H and O–H groups in total. The highest BCUT2D eigenvalue weighted by atomic mass is 15.2. The summed E-state index contributed by atoms with van der Waals surface area (Å²) in [5, 5.41) is 0. The van der Waals surface area contributed by atoms with Crippen LogP contribution in [0, 0.1) is 5.41 Å². The second kappa shape index (κ2) is 5.13. The van der Waals surface area contributed by atoms with Crippen molar-refractivity contribution in [1.29, 1.82) is 0 Å². The molecule has 1 fully saturated rings. The summed E-state index contributed by atoms with van der Waals surface area (Å²) in [4.78, 5) is 2.59. The minimum absolute atomic E-state index is 0.543. The van der Waals surface area contributed by atoms with Crippen molar-refractivity contribution in [3.05, 3.63) is 0 Å². The molecule has 14 heavy (non-hydrogen) atoms. The summed E-state index contributed by atoms with van der Waals surface area (Å²) in [6.45, 7) is 10.3. The fraction of sp³-hybridized carbons (Fsp3) is 1.00. The van der Waals surface area contributed by atoms with Gasteiger partial charge in [-0.2, -0.15) is 0 Å². The number of nitrogens with two attached hydrogens (primary N) is 1. The highest BCUT2D eigenvalue weighted by molar-refractivity contribution is 4.80. The Kier molecular flexibility index (Phi) is 4.39. The zero-order valence-corrected chi connectivity index (χ0v) is 10.1. The van der Waals surface area contributed by atoms with Crippen LogP contribution in [0.4, 0.5) is 0 Å². The molecule has 0 aromatic rings. The van der Waals surface area contributed by atoms with Gasteiger partial charge in [0.05, 0.1) is 0 Å². The smallest absolute Gasteiger partial charge is 0.0215 e. The summed E-state index contributed by atoms with van der Waals surface area (Å²) in [5.41, 5.74) is 6.33. The first-order valence-electron chi connectivity index (χ1n) is 6.03. The van der Waals surface area contributed by atoms with E-state index < -0.39 is 0 Å². The third kappa shape index (κ3) is 3.25. The van der Waals surface area contributed by atoms with Gasteiger partial charge in [0.1, 0.15) is 0 Å². The Balaban J connectivity index is 2.48. The van der Waals surface area contributed by atoms with E-state index in [1.807, 2.05) is 0 Å². The maximum absolute atomic E-state index is 5.79. The molecule has 0 spiro atoms. The molecule has 84 valence electrons. The monoisotopic (exact) mass is 198 g/mol. The van der Waals surface area contributed by atoms with Crippen LogP contribution in [0.1, 0.15) is 46.5 Å². The molecule has 0 amide bonds. The zero-order chi connectivity index (χ0) is 10.6. The third-order valence-electron chi connectivity index (χ3n) is 3.63. The lowest BCUT2D eigenvalue weighted by Gasteiger charge is -2.29. The molecule has 0 radical (unpaired) electrons. The molecule has 2 nitrogen and oxygen atoms in total. The van der Waals surface area contributed by atoms with Crippen molar-refractivity contribution in [2.75, 3.05) is 19.6 Å². The maximum Gasteiger partial charge on any atom is 0.0215 e. The van der Waals surface area contributed by atoms with Crippen LogP contribution in [0.2, 0.25) is 0 Å². The Morgan fingerprint density at radius 1 is 1.29 bits per heavy atom. The SMILES string of the molecule is CCC(CN)N1CCCC(C)(C)CC1. The second-order valence-electron chi connectivity index (χ2n) is 5.35. The van der Waals surface area contributed by atoms with E-state index in [2.05, 4.69) is 25.7 Å². The van der Waals surface area contributed by atoms with E-state index in [1.165, 1.54) is 38.8 Å². The third-order valence-corrected chi connectivity index (χ3v) is 3.63. The molecule has 0 aromatic carbocycles. The van der Waals surface area contributed by atoms with Crippen LogP contribution >= 0.6 is 0 Å². The summed E-state index contributed by atoms with van der Waals surface area (Å²) in [6, 6.07) is 0.615. The van der Waals surface area contributed by atoms with Crippen molar-refractivity contribution in [3.8, 4) is 0 Å². The van der Waals surface area contributed by atoms with Gasteiger partial charge < -0.3 is 5.73 Å². The normalized spacial score (nSPS) is 25.7. The second-order valence-corrected chi connectivity index (χ2v) is 5.35. The van der Waals surface area contributed by atoms with Gasteiger partial charge in [-0.25, -0.2) is 0 Å². The quantitative estimate of drug-likeness (QED) is 0.753. The Bertz CT molecular complexity index is 162. The van der Waals surface area contributed by atoms with E-state index in [-0.39, 0.29) is 0 Å². The molecule has 1 saturated heterocycles. The molecular formula is C12H26N2. The molecule has 1 heterocycles. The highest BCUT2D eigenvalue weighted by Gasteiger charge is 2.25. The van der Waals surface area contributed by atoms with E-state index >= 15 is 0 Å². The summed E-state index contributed by atoms with van der Waals surface area (Å²) in [7, 11) is 0. The molecule has 1 unspecified atom stereocenters. The topological polar surface area (TPSA) is 29.3 Å². The number of hydrogen-bond acceptors (Lipinski definition) is 2. The van der Waals surface area contributed by atoms with Crippen molar-refractivity contribution in [2.24, 2.45) is 11.1 Å². The lowest BCUT2D eigenvalue weighted by atomic mass is 9.85. The summed E-state index contributed by atoms with van der Waals surface area (Å²) < 4.78 is 0. The average molecular weight is 198 g/mol. The van der Waals surface area contributed by atoms with Crippen LogP contribution in [0.5, 0.6) is 0 Å². The summed E-state index contributed by atoms with van der Waals surface area (Å²) in [5.74, 6) is 0. The van der Waals surface area contributed by atoms with Crippen LogP contribution in [0.15, 0.2) is 0 Å². The molecule has 2 heteroatoms. The Morgan fingerprint density at radius 3 is 2.57 bits per heavy atom. The standard InChI is InChI=1S/C12H26N2/c1-4-11(10-13)14-8-5-6-12(2,3)7-9-14/h11H,4-10,13H2,1-3H3.